The number of carboxylic acid groups (broad SMARTS) is 3. The second-order valence-electron chi connectivity index (χ2n) is 6.86. The first-order chi connectivity index (χ1) is 15.1. The molecule has 2 amide bonds. The molecule has 0 bridgehead atoms. The van der Waals surface area contributed by atoms with Crippen LogP contribution in [0.1, 0.15) is 38.5 Å². The van der Waals surface area contributed by atoms with Crippen molar-refractivity contribution < 1.29 is 49.2 Å². The Labute approximate surface area is 183 Å². The first kappa shape index (κ1) is 26.4. The zero-order valence-electron chi connectivity index (χ0n) is 17.2. The van der Waals surface area contributed by atoms with Gasteiger partial charge in [0.1, 0.15) is 18.4 Å². The van der Waals surface area contributed by atoms with Gasteiger partial charge in [0.15, 0.2) is 11.8 Å². The molecular weight excluding hydrogens is 428 g/mol. The fraction of sp³-hybridized carbons (Fsp3) is 0.450. The number of carboxylic acids is 3. The van der Waals surface area contributed by atoms with E-state index in [1.54, 1.807) is 30.3 Å². The third-order valence-electron chi connectivity index (χ3n) is 4.36. The van der Waals surface area contributed by atoms with Crippen molar-refractivity contribution in [3.63, 3.8) is 0 Å². The lowest BCUT2D eigenvalue weighted by molar-refractivity contribution is -0.157. The number of para-hydroxylation sites is 1. The molecule has 32 heavy (non-hydrogen) atoms. The van der Waals surface area contributed by atoms with Gasteiger partial charge in [0.25, 0.3) is 0 Å². The average Bonchev–Trinajstić information content (AvgIpc) is 2.74. The monoisotopic (exact) mass is 454 g/mol. The first-order valence-electron chi connectivity index (χ1n) is 9.77. The van der Waals surface area contributed by atoms with Gasteiger partial charge in [0.2, 0.25) is 0 Å². The minimum atomic E-state index is -1.68. The number of hydrogen-bond donors (Lipinski definition) is 5. The van der Waals surface area contributed by atoms with Crippen molar-refractivity contribution in [2.24, 2.45) is 0 Å². The normalized spacial score (nSPS) is 12.3. The quantitative estimate of drug-likeness (QED) is 0.147. The van der Waals surface area contributed by atoms with Gasteiger partial charge >= 0.3 is 23.9 Å². The van der Waals surface area contributed by atoms with Crippen LogP contribution < -0.4 is 10.1 Å². The zero-order chi connectivity index (χ0) is 24.1. The van der Waals surface area contributed by atoms with Gasteiger partial charge in [0.05, 0.1) is 0 Å². The molecule has 12 nitrogen and oxygen atoms in total. The summed E-state index contributed by atoms with van der Waals surface area (Å²) in [6.07, 6.45) is -0.624. The molecule has 0 saturated heterocycles. The molecule has 5 N–H and O–H groups in total. The average molecular weight is 454 g/mol. The number of carbonyl (C=O) groups is 5. The van der Waals surface area contributed by atoms with E-state index in [1.165, 1.54) is 0 Å². The van der Waals surface area contributed by atoms with Crippen LogP contribution in [-0.2, 0) is 19.2 Å². The third-order valence-corrected chi connectivity index (χ3v) is 4.36. The predicted molar refractivity (Wildman–Crippen MR) is 107 cm³/mol. The molecule has 1 aromatic carbocycles. The van der Waals surface area contributed by atoms with Gasteiger partial charge in [-0.1, -0.05) is 24.6 Å². The van der Waals surface area contributed by atoms with Gasteiger partial charge in [-0.3, -0.25) is 14.8 Å². The van der Waals surface area contributed by atoms with Gasteiger partial charge < -0.3 is 25.4 Å². The summed E-state index contributed by atoms with van der Waals surface area (Å²) in [6.45, 7) is -0.145. The third kappa shape index (κ3) is 9.89. The highest BCUT2D eigenvalue weighted by Gasteiger charge is 2.31. The van der Waals surface area contributed by atoms with Crippen molar-refractivity contribution in [3.8, 4) is 5.75 Å². The Morgan fingerprint density at radius 2 is 1.56 bits per heavy atom. The summed E-state index contributed by atoms with van der Waals surface area (Å²) in [4.78, 5) is 57.0. The van der Waals surface area contributed by atoms with E-state index in [0.29, 0.717) is 5.75 Å². The number of hydrogen-bond acceptors (Lipinski definition) is 7. The van der Waals surface area contributed by atoms with Crippen LogP contribution in [0.15, 0.2) is 30.3 Å². The van der Waals surface area contributed by atoms with Crippen LogP contribution in [0.5, 0.6) is 5.75 Å². The van der Waals surface area contributed by atoms with E-state index in [4.69, 9.17) is 14.9 Å². The molecule has 0 aliphatic heterocycles. The summed E-state index contributed by atoms with van der Waals surface area (Å²) in [5.41, 5.74) is 0. The van der Waals surface area contributed by atoms with Gasteiger partial charge in [0, 0.05) is 12.8 Å². The lowest BCUT2D eigenvalue weighted by Crippen LogP contribution is -2.52. The van der Waals surface area contributed by atoms with Crippen LogP contribution >= 0.6 is 0 Å². The fourth-order valence-corrected chi connectivity index (χ4v) is 2.64. The first-order valence-corrected chi connectivity index (χ1v) is 9.77. The number of urea groups is 1. The van der Waals surface area contributed by atoms with E-state index in [1.807, 2.05) is 5.32 Å². The molecule has 1 aromatic rings. The molecule has 0 fully saturated rings. The number of nitrogens with one attached hydrogen (secondary N) is 1. The standard InChI is InChI=1S/C20H26N2O10/c23-13(12-32-14-7-2-1-3-8-14)6-4-5-9-16(19(28)29)22(31)20(30)21-15(18(26)27)10-11-17(24)25/h1-3,7-8,15-16,31H,4-6,9-12H2,(H,21,30)(H,24,25)(H,26,27)(H,28,29)/t15-,16-/m0/s1. The number of hydroxylamine groups is 2. The Kier molecular flexibility index (Phi) is 11.2. The molecule has 1 rings (SSSR count). The maximum absolute atomic E-state index is 12.0. The Morgan fingerprint density at radius 1 is 0.906 bits per heavy atom. The molecule has 0 saturated carbocycles. The number of amides is 2. The Morgan fingerprint density at radius 3 is 2.12 bits per heavy atom. The number of carbonyl (C=O) groups excluding carboxylic acids is 2. The van der Waals surface area contributed by atoms with Crippen molar-refractivity contribution in [2.45, 2.75) is 50.6 Å². The van der Waals surface area contributed by atoms with E-state index in [2.05, 4.69) is 0 Å². The largest absolute Gasteiger partial charge is 0.486 e. The van der Waals surface area contributed by atoms with Crippen LogP contribution in [0.2, 0.25) is 0 Å². The number of nitrogens with zero attached hydrogens (tertiary/aromatic N) is 1. The molecule has 0 unspecified atom stereocenters. The van der Waals surface area contributed by atoms with E-state index >= 15 is 0 Å². The number of benzene rings is 1. The number of aliphatic carboxylic acids is 3. The summed E-state index contributed by atoms with van der Waals surface area (Å²) in [5, 5.41) is 38.6. The van der Waals surface area contributed by atoms with Gasteiger partial charge in [-0.2, -0.15) is 5.06 Å². The number of rotatable bonds is 15. The molecule has 0 aromatic heterocycles. The van der Waals surface area contributed by atoms with Crippen molar-refractivity contribution in [3.05, 3.63) is 30.3 Å². The van der Waals surface area contributed by atoms with E-state index in [-0.39, 0.29) is 43.1 Å². The number of Topliss-reactive ketones (excluding diaryl/α,β-unsaturated/α-hetero) is 1. The highest BCUT2D eigenvalue weighted by atomic mass is 16.5. The zero-order valence-corrected chi connectivity index (χ0v) is 17.2. The fourth-order valence-electron chi connectivity index (χ4n) is 2.64. The Balaban J connectivity index is 2.47. The van der Waals surface area contributed by atoms with Crippen LogP contribution in [0, 0.1) is 0 Å². The van der Waals surface area contributed by atoms with Crippen molar-refractivity contribution in [1.82, 2.24) is 10.4 Å². The summed E-state index contributed by atoms with van der Waals surface area (Å²) in [5.74, 6) is -4.01. The van der Waals surface area contributed by atoms with Crippen LogP contribution in [0.3, 0.4) is 0 Å². The van der Waals surface area contributed by atoms with Crippen molar-refractivity contribution >= 4 is 29.7 Å². The van der Waals surface area contributed by atoms with Crippen LogP contribution in [0.25, 0.3) is 0 Å². The topological polar surface area (TPSA) is 191 Å². The second kappa shape index (κ2) is 13.6. The predicted octanol–water partition coefficient (Wildman–Crippen LogP) is 1.37. The number of unbranched alkanes of at least 4 members (excludes halogenated alkanes) is 1. The van der Waals surface area contributed by atoms with E-state index in [0.717, 1.165) is 0 Å². The highest BCUT2D eigenvalue weighted by Crippen LogP contribution is 2.12. The van der Waals surface area contributed by atoms with E-state index < -0.39 is 48.9 Å². The van der Waals surface area contributed by atoms with Crippen LogP contribution in [-0.4, -0.2) is 74.0 Å². The summed E-state index contributed by atoms with van der Waals surface area (Å²) in [7, 11) is 0. The van der Waals surface area contributed by atoms with Gasteiger partial charge in [-0.15, -0.1) is 0 Å². The lowest BCUT2D eigenvalue weighted by atomic mass is 10.1. The Bertz CT molecular complexity index is 799. The minimum Gasteiger partial charge on any atom is -0.486 e. The van der Waals surface area contributed by atoms with Gasteiger partial charge in [-0.05, 0) is 31.4 Å². The van der Waals surface area contributed by atoms with Gasteiger partial charge in [-0.25, -0.2) is 14.4 Å². The van der Waals surface area contributed by atoms with E-state index in [9.17, 15) is 34.3 Å². The summed E-state index contributed by atoms with van der Waals surface area (Å²) in [6, 6.07) is 4.02. The number of ketones is 1. The highest BCUT2D eigenvalue weighted by molar-refractivity contribution is 5.85. The minimum absolute atomic E-state index is 0.104. The molecule has 0 aliphatic carbocycles. The smallest absolute Gasteiger partial charge is 0.342 e. The maximum Gasteiger partial charge on any atom is 0.342 e. The Hall–Kier alpha value is -3.67. The molecule has 0 radical (unpaired) electrons. The van der Waals surface area contributed by atoms with Crippen molar-refractivity contribution in [1.29, 1.82) is 0 Å². The molecule has 176 valence electrons. The maximum atomic E-state index is 12.0. The molecule has 12 heteroatoms. The second-order valence-corrected chi connectivity index (χ2v) is 6.86. The molecule has 0 heterocycles. The molecule has 0 aliphatic rings. The molecular formula is C20H26N2O10. The summed E-state index contributed by atoms with van der Waals surface area (Å²) >= 11 is 0. The summed E-state index contributed by atoms with van der Waals surface area (Å²) < 4.78 is 5.32. The lowest BCUT2D eigenvalue weighted by Gasteiger charge is -2.24. The van der Waals surface area contributed by atoms with Crippen molar-refractivity contribution in [2.75, 3.05) is 6.61 Å². The molecule has 0 spiro atoms. The number of ether oxygens (including phenoxy) is 1. The molecule has 2 atom stereocenters. The SMILES string of the molecule is O=C(O)CC[C@H](NC(=O)N(O)[C@@H](CCCCC(=O)COc1ccccc1)C(=O)O)C(=O)O. The van der Waals surface area contributed by atoms with Crippen LogP contribution in [0.4, 0.5) is 4.79 Å².